The highest BCUT2D eigenvalue weighted by atomic mass is 32.2. The molecule has 1 saturated heterocycles. The first-order valence-electron chi connectivity index (χ1n) is 7.52. The lowest BCUT2D eigenvalue weighted by Crippen LogP contribution is -2.49. The Morgan fingerprint density at radius 1 is 1.14 bits per heavy atom. The molecule has 5 nitrogen and oxygen atoms in total. The van der Waals surface area contributed by atoms with Crippen LogP contribution in [-0.4, -0.2) is 55.5 Å². The Kier molecular flexibility index (Phi) is 4.31. The van der Waals surface area contributed by atoms with E-state index in [1.54, 1.807) is 28.6 Å². The van der Waals surface area contributed by atoms with Crippen LogP contribution >= 0.6 is 0 Å². The summed E-state index contributed by atoms with van der Waals surface area (Å²) in [5.41, 5.74) is 0.628. The fourth-order valence-electron chi connectivity index (χ4n) is 2.77. The van der Waals surface area contributed by atoms with Crippen LogP contribution in [0, 0.1) is 5.92 Å². The molecule has 0 spiro atoms. The van der Waals surface area contributed by atoms with Gasteiger partial charge >= 0.3 is 0 Å². The first-order valence-corrected chi connectivity index (χ1v) is 8.96. The molecule has 21 heavy (non-hydrogen) atoms. The van der Waals surface area contributed by atoms with Crippen LogP contribution in [0.3, 0.4) is 0 Å². The second-order valence-electron chi connectivity index (χ2n) is 5.95. The van der Waals surface area contributed by atoms with E-state index in [9.17, 15) is 8.42 Å². The van der Waals surface area contributed by atoms with Crippen molar-refractivity contribution in [3.8, 4) is 0 Å². The van der Waals surface area contributed by atoms with E-state index in [1.165, 1.54) is 12.8 Å². The molecule has 2 aliphatic rings. The number of hydrogen-bond donors (Lipinski definition) is 1. The van der Waals surface area contributed by atoms with E-state index in [1.807, 2.05) is 0 Å². The molecule has 0 amide bonds. The number of rotatable bonds is 5. The summed E-state index contributed by atoms with van der Waals surface area (Å²) in [7, 11) is -3.44. The predicted octanol–water partition coefficient (Wildman–Crippen LogP) is 0.895. The van der Waals surface area contributed by atoms with Gasteiger partial charge in [-0.25, -0.2) is 8.42 Å². The molecule has 0 aromatic heterocycles. The number of piperazine rings is 1. The summed E-state index contributed by atoms with van der Waals surface area (Å²) in [6, 6.07) is 6.57. The summed E-state index contributed by atoms with van der Waals surface area (Å²) in [6.07, 6.45) is 2.65. The zero-order chi connectivity index (χ0) is 14.9. The number of sulfonamides is 1. The smallest absolute Gasteiger partial charge is 0.243 e. The molecule has 6 heteroatoms. The Morgan fingerprint density at radius 2 is 1.86 bits per heavy atom. The van der Waals surface area contributed by atoms with Crippen molar-refractivity contribution < 1.29 is 13.5 Å². The molecule has 1 aromatic carbocycles. The molecule has 1 aliphatic carbocycles. The monoisotopic (exact) mass is 310 g/mol. The van der Waals surface area contributed by atoms with E-state index in [4.69, 9.17) is 5.11 Å². The van der Waals surface area contributed by atoms with Crippen molar-refractivity contribution in [2.24, 2.45) is 5.92 Å². The molecule has 1 heterocycles. The van der Waals surface area contributed by atoms with E-state index in [0.717, 1.165) is 25.6 Å². The molecular formula is C15H22N2O3S. The molecule has 1 aliphatic heterocycles. The van der Waals surface area contributed by atoms with Crippen LogP contribution in [0.4, 0.5) is 0 Å². The zero-order valence-corrected chi connectivity index (χ0v) is 12.9. The van der Waals surface area contributed by atoms with Gasteiger partial charge in [0.15, 0.2) is 0 Å². The van der Waals surface area contributed by atoms with E-state index >= 15 is 0 Å². The number of aliphatic hydroxyl groups excluding tert-OH is 1. The minimum atomic E-state index is -3.44. The Balaban J connectivity index is 1.67. The highest BCUT2D eigenvalue weighted by molar-refractivity contribution is 7.89. The van der Waals surface area contributed by atoms with Crippen LogP contribution in [0.25, 0.3) is 0 Å². The van der Waals surface area contributed by atoms with Crippen molar-refractivity contribution >= 4 is 10.0 Å². The van der Waals surface area contributed by atoms with Gasteiger partial charge in [0.2, 0.25) is 10.0 Å². The topological polar surface area (TPSA) is 60.9 Å². The van der Waals surface area contributed by atoms with Crippen LogP contribution in [0.1, 0.15) is 18.4 Å². The summed E-state index contributed by atoms with van der Waals surface area (Å²) in [4.78, 5) is 2.65. The molecule has 0 unspecified atom stereocenters. The van der Waals surface area contributed by atoms with E-state index in [2.05, 4.69) is 4.90 Å². The van der Waals surface area contributed by atoms with Crippen LogP contribution in [0.15, 0.2) is 29.2 Å². The minimum Gasteiger partial charge on any atom is -0.392 e. The van der Waals surface area contributed by atoms with Gasteiger partial charge in [0.1, 0.15) is 0 Å². The maximum atomic E-state index is 12.6. The van der Waals surface area contributed by atoms with Gasteiger partial charge in [-0.15, -0.1) is 0 Å². The minimum absolute atomic E-state index is 0.140. The quantitative estimate of drug-likeness (QED) is 0.877. The molecule has 1 saturated carbocycles. The van der Waals surface area contributed by atoms with Gasteiger partial charge in [0.25, 0.3) is 0 Å². The maximum Gasteiger partial charge on any atom is 0.243 e. The highest BCUT2D eigenvalue weighted by Gasteiger charge is 2.31. The van der Waals surface area contributed by atoms with Gasteiger partial charge in [-0.3, -0.25) is 0 Å². The number of aliphatic hydroxyl groups is 1. The maximum absolute atomic E-state index is 12.6. The van der Waals surface area contributed by atoms with Crippen molar-refractivity contribution in [1.82, 2.24) is 9.21 Å². The second kappa shape index (κ2) is 6.04. The van der Waals surface area contributed by atoms with Gasteiger partial charge < -0.3 is 10.0 Å². The molecule has 0 atom stereocenters. The average Bonchev–Trinajstić information content (AvgIpc) is 3.32. The van der Waals surface area contributed by atoms with E-state index < -0.39 is 10.0 Å². The van der Waals surface area contributed by atoms with E-state index in [0.29, 0.717) is 18.7 Å². The zero-order valence-electron chi connectivity index (χ0n) is 12.1. The fourth-order valence-corrected chi connectivity index (χ4v) is 4.26. The number of benzene rings is 1. The molecule has 2 fully saturated rings. The summed E-state index contributed by atoms with van der Waals surface area (Å²) < 4.78 is 26.8. The lowest BCUT2D eigenvalue weighted by Gasteiger charge is -2.34. The molecule has 116 valence electrons. The van der Waals surface area contributed by atoms with Crippen molar-refractivity contribution in [3.63, 3.8) is 0 Å². The number of nitrogens with zero attached hydrogens (tertiary/aromatic N) is 2. The SMILES string of the molecule is O=S(=O)(c1cccc(CO)c1)N1CCN(CC2CC2)CC1. The first kappa shape index (κ1) is 15.0. The third kappa shape index (κ3) is 3.45. The largest absolute Gasteiger partial charge is 0.392 e. The number of hydrogen-bond acceptors (Lipinski definition) is 4. The summed E-state index contributed by atoms with van der Waals surface area (Å²) >= 11 is 0. The van der Waals surface area contributed by atoms with Crippen molar-refractivity contribution in [1.29, 1.82) is 0 Å². The van der Waals surface area contributed by atoms with Gasteiger partial charge in [-0.2, -0.15) is 4.31 Å². The van der Waals surface area contributed by atoms with E-state index in [-0.39, 0.29) is 11.5 Å². The summed E-state index contributed by atoms with van der Waals surface area (Å²) in [5.74, 6) is 0.842. The Hall–Kier alpha value is -0.950. The van der Waals surface area contributed by atoms with Gasteiger partial charge in [0, 0.05) is 32.7 Å². The molecular weight excluding hydrogens is 288 g/mol. The van der Waals surface area contributed by atoms with Crippen LogP contribution in [0.5, 0.6) is 0 Å². The molecule has 1 N–H and O–H groups in total. The van der Waals surface area contributed by atoms with Crippen LogP contribution in [0.2, 0.25) is 0 Å². The molecule has 1 aromatic rings. The third-order valence-electron chi connectivity index (χ3n) is 4.26. The normalized spacial score (nSPS) is 21.6. The van der Waals surface area contributed by atoms with Gasteiger partial charge in [-0.05, 0) is 36.5 Å². The van der Waals surface area contributed by atoms with Crippen LogP contribution in [-0.2, 0) is 16.6 Å². The summed E-state index contributed by atoms with van der Waals surface area (Å²) in [6.45, 7) is 3.72. The standard InChI is InChI=1S/C15H22N2O3S/c18-12-14-2-1-3-15(10-14)21(19,20)17-8-6-16(7-9-17)11-13-4-5-13/h1-3,10,13,18H,4-9,11-12H2. The Labute approximate surface area is 126 Å². The van der Waals surface area contributed by atoms with Crippen molar-refractivity contribution in [3.05, 3.63) is 29.8 Å². The van der Waals surface area contributed by atoms with Crippen molar-refractivity contribution in [2.75, 3.05) is 32.7 Å². The van der Waals surface area contributed by atoms with Gasteiger partial charge in [0.05, 0.1) is 11.5 Å². The molecule has 0 radical (unpaired) electrons. The lowest BCUT2D eigenvalue weighted by molar-refractivity contribution is 0.182. The predicted molar refractivity (Wildman–Crippen MR) is 80.3 cm³/mol. The fraction of sp³-hybridized carbons (Fsp3) is 0.600. The lowest BCUT2D eigenvalue weighted by atomic mass is 10.2. The third-order valence-corrected chi connectivity index (χ3v) is 6.16. The van der Waals surface area contributed by atoms with Crippen molar-refractivity contribution in [2.45, 2.75) is 24.3 Å². The van der Waals surface area contributed by atoms with Crippen LogP contribution < -0.4 is 0 Å². The Morgan fingerprint density at radius 3 is 2.48 bits per heavy atom. The average molecular weight is 310 g/mol. The molecule has 3 rings (SSSR count). The molecule has 0 bridgehead atoms. The second-order valence-corrected chi connectivity index (χ2v) is 7.89. The Bertz CT molecular complexity index is 591. The summed E-state index contributed by atoms with van der Waals surface area (Å²) in [5, 5.41) is 9.15. The van der Waals surface area contributed by atoms with Gasteiger partial charge in [-0.1, -0.05) is 12.1 Å². The highest BCUT2D eigenvalue weighted by Crippen LogP contribution is 2.30. The first-order chi connectivity index (χ1) is 10.1.